The Morgan fingerprint density at radius 2 is 2.08 bits per heavy atom. The quantitative estimate of drug-likeness (QED) is 0.433. The highest BCUT2D eigenvalue weighted by Crippen LogP contribution is 2.47. The molecule has 2 aliphatic rings. The first kappa shape index (κ1) is 25.4. The topological polar surface area (TPSA) is 106 Å². The van der Waals surface area contributed by atoms with Gasteiger partial charge in [0.1, 0.15) is 12.3 Å². The lowest BCUT2D eigenvalue weighted by Gasteiger charge is -2.38. The van der Waals surface area contributed by atoms with Crippen molar-refractivity contribution >= 4 is 17.1 Å². The monoisotopic (exact) mass is 502 g/mol. The van der Waals surface area contributed by atoms with Crippen molar-refractivity contribution in [3.8, 4) is 6.07 Å². The van der Waals surface area contributed by atoms with E-state index >= 15 is 0 Å². The van der Waals surface area contributed by atoms with Crippen LogP contribution in [0.1, 0.15) is 37.9 Å². The number of hydrogen-bond donors (Lipinski definition) is 2. The standard InChI is InChI=1S/C28H34N6O3/c1-19(2)12-25(32(3)18-37-16-20-13-21-8-6-7-11-34(21)31-20)26(35)33-17-28(14-22(33)15-29)23-9-4-5-10-24(23)30-27(28)36/h4-11,13,19,22,25-26,35H,12,14,16-18H2,1-3H3,(H,30,36)/t22-,25-,26?,28-/m0/s1. The molecule has 1 aromatic carbocycles. The minimum Gasteiger partial charge on any atom is -0.377 e. The number of carbonyl (C=O) groups excluding carboxylic acids is 1. The Bertz CT molecular complexity index is 1280. The van der Waals surface area contributed by atoms with E-state index in [1.54, 1.807) is 4.90 Å². The number of nitrogens with zero attached hydrogens (tertiary/aromatic N) is 5. The van der Waals surface area contributed by atoms with Gasteiger partial charge in [-0.3, -0.25) is 14.6 Å². The molecule has 1 spiro atoms. The Balaban J connectivity index is 1.30. The number of amides is 1. The molecule has 1 unspecified atom stereocenters. The summed E-state index contributed by atoms with van der Waals surface area (Å²) in [4.78, 5) is 16.9. The first-order valence-corrected chi connectivity index (χ1v) is 12.8. The fourth-order valence-electron chi connectivity index (χ4n) is 5.75. The van der Waals surface area contributed by atoms with Crippen LogP contribution in [0, 0.1) is 17.2 Å². The van der Waals surface area contributed by atoms with Crippen LogP contribution in [0.3, 0.4) is 0 Å². The van der Waals surface area contributed by atoms with Crippen molar-refractivity contribution in [1.29, 1.82) is 5.26 Å². The molecule has 37 heavy (non-hydrogen) atoms. The molecule has 9 heteroatoms. The van der Waals surface area contributed by atoms with Crippen LogP contribution in [0.4, 0.5) is 5.69 Å². The highest BCUT2D eigenvalue weighted by atomic mass is 16.5. The van der Waals surface area contributed by atoms with E-state index in [4.69, 9.17) is 4.74 Å². The van der Waals surface area contributed by atoms with Crippen LogP contribution in [-0.2, 0) is 21.6 Å². The Morgan fingerprint density at radius 3 is 2.84 bits per heavy atom. The average Bonchev–Trinajstić information content (AvgIpc) is 3.56. The van der Waals surface area contributed by atoms with Gasteiger partial charge in [0.15, 0.2) is 0 Å². The van der Waals surface area contributed by atoms with Crippen LogP contribution in [-0.4, -0.2) is 69.1 Å². The molecule has 0 aliphatic carbocycles. The van der Waals surface area contributed by atoms with Crippen molar-refractivity contribution in [3.63, 3.8) is 0 Å². The highest BCUT2D eigenvalue weighted by molar-refractivity contribution is 6.06. The molecular weight excluding hydrogens is 468 g/mol. The molecule has 2 aromatic heterocycles. The molecule has 2 N–H and O–H groups in total. The molecule has 1 fully saturated rings. The molecule has 4 atom stereocenters. The van der Waals surface area contributed by atoms with E-state index in [1.165, 1.54) is 0 Å². The summed E-state index contributed by atoms with van der Waals surface area (Å²) in [6.07, 6.45) is 2.03. The normalized spacial score (nSPS) is 23.1. The lowest BCUT2D eigenvalue weighted by molar-refractivity contribution is -0.121. The first-order chi connectivity index (χ1) is 17.8. The molecule has 3 aromatic rings. The van der Waals surface area contributed by atoms with Crippen LogP contribution in [0.15, 0.2) is 54.7 Å². The third-order valence-corrected chi connectivity index (χ3v) is 7.60. The number of aliphatic hydroxyl groups is 1. The maximum absolute atomic E-state index is 13.1. The molecule has 4 heterocycles. The van der Waals surface area contributed by atoms with Crippen molar-refractivity contribution in [1.82, 2.24) is 19.4 Å². The smallest absolute Gasteiger partial charge is 0.236 e. The molecule has 0 saturated carbocycles. The Morgan fingerprint density at radius 1 is 1.30 bits per heavy atom. The molecular formula is C28H34N6O3. The molecule has 0 bridgehead atoms. The van der Waals surface area contributed by atoms with Gasteiger partial charge in [0.05, 0.1) is 42.1 Å². The van der Waals surface area contributed by atoms with E-state index in [-0.39, 0.29) is 11.9 Å². The summed E-state index contributed by atoms with van der Waals surface area (Å²) in [6.45, 7) is 5.15. The van der Waals surface area contributed by atoms with E-state index in [0.717, 1.165) is 22.5 Å². The second-order valence-corrected chi connectivity index (χ2v) is 10.7. The Labute approximate surface area is 217 Å². The van der Waals surface area contributed by atoms with Crippen LogP contribution >= 0.6 is 0 Å². The predicted molar refractivity (Wildman–Crippen MR) is 139 cm³/mol. The van der Waals surface area contributed by atoms with Crippen LogP contribution in [0.25, 0.3) is 5.52 Å². The number of para-hydroxylation sites is 1. The van der Waals surface area contributed by atoms with Crippen molar-refractivity contribution in [2.24, 2.45) is 5.92 Å². The third kappa shape index (κ3) is 4.74. The minimum atomic E-state index is -0.934. The zero-order valence-corrected chi connectivity index (χ0v) is 21.5. The molecule has 5 rings (SSSR count). The SMILES string of the molecule is CC(C)C[C@@H](C(O)N1C[C@]2(C[C@H]1C#N)C(=O)Nc1ccccc12)N(C)COCc1cc2ccccn2n1. The number of pyridine rings is 1. The minimum absolute atomic E-state index is 0.104. The van der Waals surface area contributed by atoms with Crippen LogP contribution in [0.5, 0.6) is 0 Å². The number of carbonyl (C=O) groups is 1. The van der Waals surface area contributed by atoms with Gasteiger partial charge in [-0.1, -0.05) is 38.1 Å². The number of benzene rings is 1. The maximum Gasteiger partial charge on any atom is 0.236 e. The van der Waals surface area contributed by atoms with E-state index in [2.05, 4.69) is 30.3 Å². The second-order valence-electron chi connectivity index (χ2n) is 10.7. The highest BCUT2D eigenvalue weighted by Gasteiger charge is 2.56. The molecule has 1 saturated heterocycles. The summed E-state index contributed by atoms with van der Waals surface area (Å²) in [5, 5.41) is 29.2. The second kappa shape index (κ2) is 10.2. The van der Waals surface area contributed by atoms with Crippen LogP contribution in [0.2, 0.25) is 0 Å². The largest absolute Gasteiger partial charge is 0.377 e. The number of nitrogens with one attached hydrogen (secondary N) is 1. The maximum atomic E-state index is 13.1. The number of ether oxygens (including phenoxy) is 1. The number of aliphatic hydroxyl groups excluding tert-OH is 1. The van der Waals surface area contributed by atoms with Gasteiger partial charge in [-0.05, 0) is 55.6 Å². The fourth-order valence-corrected chi connectivity index (χ4v) is 5.75. The van der Waals surface area contributed by atoms with E-state index in [9.17, 15) is 15.2 Å². The third-order valence-electron chi connectivity index (χ3n) is 7.60. The van der Waals surface area contributed by atoms with E-state index in [0.29, 0.717) is 38.6 Å². The van der Waals surface area contributed by atoms with Crippen LogP contribution < -0.4 is 5.32 Å². The van der Waals surface area contributed by atoms with Gasteiger partial charge in [0.2, 0.25) is 5.91 Å². The summed E-state index contributed by atoms with van der Waals surface area (Å²) in [7, 11) is 1.92. The van der Waals surface area contributed by atoms with Crippen molar-refractivity contribution < 1.29 is 14.6 Å². The average molecular weight is 503 g/mol. The van der Waals surface area contributed by atoms with Gasteiger partial charge < -0.3 is 15.2 Å². The van der Waals surface area contributed by atoms with Crippen molar-refractivity contribution in [3.05, 3.63) is 66.0 Å². The molecule has 2 aliphatic heterocycles. The van der Waals surface area contributed by atoms with Gasteiger partial charge in [0, 0.05) is 18.4 Å². The number of nitriles is 1. The number of rotatable bonds is 9. The number of fused-ring (bicyclic) bond motifs is 3. The fraction of sp³-hybridized carbons (Fsp3) is 0.464. The number of likely N-dealkylation sites (tertiary alicyclic amines) is 1. The predicted octanol–water partition coefficient (Wildman–Crippen LogP) is 2.96. The van der Waals surface area contributed by atoms with Gasteiger partial charge >= 0.3 is 0 Å². The summed E-state index contributed by atoms with van der Waals surface area (Å²) in [5.41, 5.74) is 2.69. The van der Waals surface area contributed by atoms with E-state index in [1.807, 2.05) is 71.2 Å². The van der Waals surface area contributed by atoms with Gasteiger partial charge in [-0.2, -0.15) is 10.4 Å². The van der Waals surface area contributed by atoms with Gasteiger partial charge in [0.25, 0.3) is 0 Å². The Hall–Kier alpha value is -3.29. The Kier molecular flexibility index (Phi) is 7.01. The zero-order valence-electron chi connectivity index (χ0n) is 21.5. The summed E-state index contributed by atoms with van der Waals surface area (Å²) in [6, 6.07) is 17.0. The molecule has 0 radical (unpaired) electrons. The van der Waals surface area contributed by atoms with Gasteiger partial charge in [-0.25, -0.2) is 4.52 Å². The first-order valence-electron chi connectivity index (χ1n) is 12.8. The van der Waals surface area contributed by atoms with E-state index < -0.39 is 17.7 Å². The number of anilines is 1. The number of hydrogen-bond acceptors (Lipinski definition) is 7. The molecule has 194 valence electrons. The summed E-state index contributed by atoms with van der Waals surface area (Å²) >= 11 is 0. The zero-order chi connectivity index (χ0) is 26.2. The summed E-state index contributed by atoms with van der Waals surface area (Å²) in [5.74, 6) is 0.210. The lowest BCUT2D eigenvalue weighted by Crippen LogP contribution is -2.53. The van der Waals surface area contributed by atoms with Gasteiger partial charge in [-0.15, -0.1) is 0 Å². The lowest BCUT2D eigenvalue weighted by atomic mass is 9.80. The van der Waals surface area contributed by atoms with Crippen molar-refractivity contribution in [2.45, 2.75) is 57.0 Å². The molecule has 9 nitrogen and oxygen atoms in total. The number of likely N-dealkylation sites (N-methyl/N-ethyl adjacent to an activating group) is 1. The molecule has 1 amide bonds. The summed E-state index contributed by atoms with van der Waals surface area (Å²) < 4.78 is 7.80. The number of aromatic nitrogens is 2. The van der Waals surface area contributed by atoms with Crippen molar-refractivity contribution in [2.75, 3.05) is 25.6 Å².